The quantitative estimate of drug-likeness (QED) is 0.414. The number of ether oxygens (including phenoxy) is 1. The highest BCUT2D eigenvalue weighted by molar-refractivity contribution is 6.12. The predicted octanol–water partition coefficient (Wildman–Crippen LogP) is 3.34. The Kier molecular flexibility index (Phi) is 7.03. The largest absolute Gasteiger partial charge is 0.451 e. The van der Waals surface area contributed by atoms with Gasteiger partial charge in [0, 0.05) is 24.7 Å². The Bertz CT molecular complexity index is 1200. The SMILES string of the molecule is C=CC(=O)N1CCCC([NH2+]c2ncncc2C(=N)c2ccc(Oc3c(F)cccc3F)cc2)C1. The number of quaternary nitrogens is 1. The van der Waals surface area contributed by atoms with Gasteiger partial charge in [-0.3, -0.25) is 15.5 Å². The molecule has 1 atom stereocenters. The summed E-state index contributed by atoms with van der Waals surface area (Å²) in [6.07, 6.45) is 6.12. The molecule has 0 aliphatic carbocycles. The fraction of sp³-hybridized carbons (Fsp3) is 0.200. The molecule has 3 N–H and O–H groups in total. The molecule has 1 aliphatic heterocycles. The van der Waals surface area contributed by atoms with Crippen molar-refractivity contribution in [1.29, 1.82) is 5.41 Å². The highest BCUT2D eigenvalue weighted by Crippen LogP contribution is 2.28. The van der Waals surface area contributed by atoms with E-state index in [0.29, 0.717) is 30.0 Å². The van der Waals surface area contributed by atoms with Gasteiger partial charge in [-0.15, -0.1) is 0 Å². The van der Waals surface area contributed by atoms with Gasteiger partial charge in [0.05, 0.1) is 12.3 Å². The van der Waals surface area contributed by atoms with Crippen molar-refractivity contribution in [3.8, 4) is 11.5 Å². The van der Waals surface area contributed by atoms with Crippen LogP contribution in [0.25, 0.3) is 0 Å². The number of nitrogens with two attached hydrogens (primary N) is 1. The first-order valence-electron chi connectivity index (χ1n) is 10.8. The number of halogens is 2. The number of nitrogens with zero attached hydrogens (tertiary/aromatic N) is 3. The standard InChI is InChI=1S/C25H23F2N5O2/c1-2-22(33)32-12-4-5-17(14-32)31-25-19(13-29-15-30-25)23(28)16-8-10-18(11-9-16)34-24-20(26)6-3-7-21(24)27/h2-3,6-11,13,15,17,28H,1,4-5,12,14H2,(H,29,30,31)/p+1. The van der Waals surface area contributed by atoms with Gasteiger partial charge in [0.1, 0.15) is 23.7 Å². The van der Waals surface area contributed by atoms with Crippen molar-refractivity contribution >= 4 is 17.4 Å². The van der Waals surface area contributed by atoms with Gasteiger partial charge in [0.25, 0.3) is 0 Å². The van der Waals surface area contributed by atoms with Crippen LogP contribution < -0.4 is 10.1 Å². The smallest absolute Gasteiger partial charge is 0.246 e. The van der Waals surface area contributed by atoms with E-state index in [9.17, 15) is 13.6 Å². The van der Waals surface area contributed by atoms with Crippen molar-refractivity contribution < 1.29 is 23.6 Å². The van der Waals surface area contributed by atoms with Gasteiger partial charge in [-0.25, -0.2) is 13.8 Å². The van der Waals surface area contributed by atoms with Crippen molar-refractivity contribution in [2.24, 2.45) is 0 Å². The number of hydrogen-bond acceptors (Lipinski definition) is 5. The molecule has 1 amide bonds. The molecule has 1 aromatic heterocycles. The van der Waals surface area contributed by atoms with Gasteiger partial charge in [0.15, 0.2) is 17.4 Å². The maximum atomic E-state index is 13.8. The first-order valence-corrected chi connectivity index (χ1v) is 10.8. The minimum absolute atomic E-state index is 0.0914. The molecule has 174 valence electrons. The van der Waals surface area contributed by atoms with Crippen LogP contribution >= 0.6 is 0 Å². The predicted molar refractivity (Wildman–Crippen MR) is 122 cm³/mol. The number of rotatable bonds is 7. The lowest BCUT2D eigenvalue weighted by molar-refractivity contribution is -0.616. The number of likely N-dealkylation sites (tertiary alicyclic amines) is 1. The highest BCUT2D eigenvalue weighted by atomic mass is 19.1. The molecule has 3 aromatic rings. The van der Waals surface area contributed by atoms with Crippen LogP contribution in [0, 0.1) is 17.0 Å². The Labute approximate surface area is 195 Å². The molecule has 1 aliphatic rings. The van der Waals surface area contributed by atoms with Crippen LogP contribution in [0.1, 0.15) is 24.0 Å². The zero-order valence-corrected chi connectivity index (χ0v) is 18.4. The van der Waals surface area contributed by atoms with E-state index in [1.54, 1.807) is 35.4 Å². The Morgan fingerprint density at radius 1 is 1.21 bits per heavy atom. The zero-order valence-electron chi connectivity index (χ0n) is 18.4. The van der Waals surface area contributed by atoms with Crippen LogP contribution in [-0.2, 0) is 4.79 Å². The summed E-state index contributed by atoms with van der Waals surface area (Å²) >= 11 is 0. The van der Waals surface area contributed by atoms with E-state index in [-0.39, 0.29) is 23.4 Å². The summed E-state index contributed by atoms with van der Waals surface area (Å²) in [5.41, 5.74) is 1.31. The van der Waals surface area contributed by atoms with Crippen molar-refractivity contribution in [2.75, 3.05) is 13.1 Å². The topological polar surface area (TPSA) is 95.8 Å². The van der Waals surface area contributed by atoms with Gasteiger partial charge in [-0.1, -0.05) is 12.6 Å². The van der Waals surface area contributed by atoms with E-state index in [2.05, 4.69) is 16.5 Å². The molecule has 2 aromatic carbocycles. The molecular weight excluding hydrogens is 440 g/mol. The van der Waals surface area contributed by atoms with E-state index >= 15 is 0 Å². The lowest BCUT2D eigenvalue weighted by Gasteiger charge is -2.30. The van der Waals surface area contributed by atoms with Crippen LogP contribution in [0.4, 0.5) is 14.6 Å². The third-order valence-corrected chi connectivity index (χ3v) is 5.63. The molecule has 9 heteroatoms. The third kappa shape index (κ3) is 5.15. The second-order valence-corrected chi connectivity index (χ2v) is 7.93. The average molecular weight is 464 g/mol. The van der Waals surface area contributed by atoms with Gasteiger partial charge in [-0.05, 0) is 48.9 Å². The fourth-order valence-corrected chi connectivity index (χ4v) is 3.91. The number of hydrogen-bond donors (Lipinski definition) is 2. The first-order chi connectivity index (χ1) is 16.5. The van der Waals surface area contributed by atoms with Crippen molar-refractivity contribution in [2.45, 2.75) is 18.9 Å². The summed E-state index contributed by atoms with van der Waals surface area (Å²) in [6.45, 7) is 4.83. The number of carbonyl (C=O) groups is 1. The van der Waals surface area contributed by atoms with Crippen LogP contribution in [-0.4, -0.2) is 45.6 Å². The van der Waals surface area contributed by atoms with Crippen molar-refractivity contribution in [3.05, 3.63) is 90.4 Å². The number of para-hydroxylation sites is 1. The molecule has 4 rings (SSSR count). The summed E-state index contributed by atoms with van der Waals surface area (Å²) in [7, 11) is 0. The first kappa shape index (κ1) is 23.2. The lowest BCUT2D eigenvalue weighted by atomic mass is 10.0. The third-order valence-electron chi connectivity index (χ3n) is 5.63. The number of nitrogens with one attached hydrogen (secondary N) is 1. The van der Waals surface area contributed by atoms with E-state index in [4.69, 9.17) is 10.1 Å². The molecule has 34 heavy (non-hydrogen) atoms. The Hall–Kier alpha value is -3.98. The summed E-state index contributed by atoms with van der Waals surface area (Å²) in [6, 6.07) is 9.97. The van der Waals surface area contributed by atoms with Crippen LogP contribution in [0.5, 0.6) is 11.5 Å². The normalized spacial score (nSPS) is 15.6. The number of piperidine rings is 1. The van der Waals surface area contributed by atoms with E-state index in [0.717, 1.165) is 25.0 Å². The maximum Gasteiger partial charge on any atom is 0.246 e. The number of carbonyl (C=O) groups excluding carboxylic acids is 1. The second kappa shape index (κ2) is 10.3. The molecule has 1 saturated heterocycles. The summed E-state index contributed by atoms with van der Waals surface area (Å²) in [5.74, 6) is -1.30. The van der Waals surface area contributed by atoms with Gasteiger partial charge < -0.3 is 9.64 Å². The number of benzene rings is 2. The van der Waals surface area contributed by atoms with Crippen LogP contribution in [0.15, 0.2) is 67.6 Å². The van der Waals surface area contributed by atoms with Crippen molar-refractivity contribution in [3.63, 3.8) is 0 Å². The summed E-state index contributed by atoms with van der Waals surface area (Å²) in [4.78, 5) is 22.2. The van der Waals surface area contributed by atoms with Crippen LogP contribution in [0.2, 0.25) is 0 Å². The Balaban J connectivity index is 1.49. The molecule has 1 fully saturated rings. The molecule has 0 bridgehead atoms. The van der Waals surface area contributed by atoms with E-state index in [1.165, 1.54) is 18.5 Å². The van der Waals surface area contributed by atoms with Gasteiger partial charge in [0.2, 0.25) is 11.7 Å². The van der Waals surface area contributed by atoms with Gasteiger partial charge in [-0.2, -0.15) is 4.98 Å². The molecular formula is C25H24F2N5O2+. The van der Waals surface area contributed by atoms with E-state index in [1.807, 2.05) is 5.32 Å². The second-order valence-electron chi connectivity index (χ2n) is 7.93. The van der Waals surface area contributed by atoms with Gasteiger partial charge >= 0.3 is 0 Å². The molecule has 7 nitrogen and oxygen atoms in total. The number of amides is 1. The Morgan fingerprint density at radius 2 is 1.94 bits per heavy atom. The minimum atomic E-state index is -0.797. The highest BCUT2D eigenvalue weighted by Gasteiger charge is 2.27. The zero-order chi connectivity index (χ0) is 24.1. The lowest BCUT2D eigenvalue weighted by Crippen LogP contribution is -2.88. The molecule has 0 saturated carbocycles. The summed E-state index contributed by atoms with van der Waals surface area (Å²) < 4.78 is 33.0. The number of aromatic nitrogens is 2. The maximum absolute atomic E-state index is 13.8. The minimum Gasteiger partial charge on any atom is -0.451 e. The molecule has 2 heterocycles. The Morgan fingerprint density at radius 3 is 2.65 bits per heavy atom. The van der Waals surface area contributed by atoms with E-state index < -0.39 is 17.4 Å². The van der Waals surface area contributed by atoms with Crippen molar-refractivity contribution in [1.82, 2.24) is 14.9 Å². The van der Waals surface area contributed by atoms with Crippen LogP contribution in [0.3, 0.4) is 0 Å². The average Bonchev–Trinajstić information content (AvgIpc) is 2.86. The molecule has 0 radical (unpaired) electrons. The molecule has 1 unspecified atom stereocenters. The molecule has 0 spiro atoms. The summed E-state index contributed by atoms with van der Waals surface area (Å²) in [5, 5.41) is 10.7. The fourth-order valence-electron chi connectivity index (χ4n) is 3.91. The monoisotopic (exact) mass is 464 g/mol.